The Hall–Kier alpha value is -5.88. The van der Waals surface area contributed by atoms with Gasteiger partial charge in [-0.2, -0.15) is 0 Å². The SMILES string of the molecule is Oc1c(O)c(O)c(-c2c3ccccc3c(-c3ccc4oc5cc6ccccc6cc5c4c3)c3ccccc23)c(O)c1O. The first-order valence-electron chi connectivity index (χ1n) is 13.4. The highest BCUT2D eigenvalue weighted by atomic mass is 16.4. The second-order valence-corrected chi connectivity index (χ2v) is 10.5. The van der Waals surface area contributed by atoms with Gasteiger partial charge in [0.25, 0.3) is 0 Å². The molecule has 0 radical (unpaired) electrons. The summed E-state index contributed by atoms with van der Waals surface area (Å²) in [7, 11) is 0. The highest BCUT2D eigenvalue weighted by Crippen LogP contribution is 2.57. The molecule has 0 atom stereocenters. The Balaban J connectivity index is 1.49. The summed E-state index contributed by atoms with van der Waals surface area (Å²) in [5, 5.41) is 59.9. The summed E-state index contributed by atoms with van der Waals surface area (Å²) in [5.74, 6) is -4.29. The normalized spacial score (nSPS) is 11.8. The molecule has 8 aromatic rings. The number of hydrogen-bond acceptors (Lipinski definition) is 6. The van der Waals surface area contributed by atoms with Crippen LogP contribution in [-0.4, -0.2) is 25.5 Å². The van der Waals surface area contributed by atoms with Crippen LogP contribution < -0.4 is 0 Å². The lowest BCUT2D eigenvalue weighted by atomic mass is 9.85. The summed E-state index contributed by atoms with van der Waals surface area (Å²) >= 11 is 0. The number of hydrogen-bond donors (Lipinski definition) is 5. The van der Waals surface area contributed by atoms with Crippen LogP contribution in [0.5, 0.6) is 28.7 Å². The first kappa shape index (κ1) is 24.0. The van der Waals surface area contributed by atoms with Gasteiger partial charge in [0.15, 0.2) is 11.5 Å². The summed E-state index contributed by atoms with van der Waals surface area (Å²) in [6, 6.07) is 33.6. The van der Waals surface area contributed by atoms with Crippen LogP contribution >= 0.6 is 0 Å². The van der Waals surface area contributed by atoms with Crippen LogP contribution in [0.1, 0.15) is 0 Å². The van der Waals surface area contributed by atoms with Crippen molar-refractivity contribution in [3.05, 3.63) is 103 Å². The van der Waals surface area contributed by atoms with Crippen LogP contribution in [0.4, 0.5) is 0 Å². The fourth-order valence-electron chi connectivity index (χ4n) is 6.25. The summed E-state index contributed by atoms with van der Waals surface area (Å²) < 4.78 is 6.24. The molecule has 0 aliphatic carbocycles. The largest absolute Gasteiger partial charge is 0.504 e. The third-order valence-corrected chi connectivity index (χ3v) is 8.18. The summed E-state index contributed by atoms with van der Waals surface area (Å²) in [5.41, 5.74) is 3.70. The first-order chi connectivity index (χ1) is 20.4. The molecule has 5 N–H and O–H groups in total. The van der Waals surface area contributed by atoms with Crippen molar-refractivity contribution in [3.63, 3.8) is 0 Å². The van der Waals surface area contributed by atoms with Gasteiger partial charge in [-0.25, -0.2) is 0 Å². The molecular formula is C36H22O6. The zero-order chi connectivity index (χ0) is 28.7. The second kappa shape index (κ2) is 8.56. The molecule has 42 heavy (non-hydrogen) atoms. The molecule has 0 fully saturated rings. The molecule has 1 aromatic heterocycles. The van der Waals surface area contributed by atoms with Crippen molar-refractivity contribution >= 4 is 54.3 Å². The fraction of sp³-hybridized carbons (Fsp3) is 0. The Morgan fingerprint density at radius 2 is 0.833 bits per heavy atom. The minimum Gasteiger partial charge on any atom is -0.504 e. The smallest absolute Gasteiger partial charge is 0.208 e. The predicted octanol–water partition coefficient (Wildman–Crippen LogP) is 8.91. The molecule has 8 rings (SSSR count). The number of furan rings is 1. The number of phenolic OH excluding ortho intramolecular Hbond substituents is 5. The van der Waals surface area contributed by atoms with E-state index in [4.69, 9.17) is 4.42 Å². The van der Waals surface area contributed by atoms with Gasteiger partial charge in [-0.3, -0.25) is 0 Å². The van der Waals surface area contributed by atoms with E-state index in [-0.39, 0.29) is 5.56 Å². The standard InChI is InChI=1S/C36H22O6/c37-32-31(33(38)35(40)36(41)34(32)39)30-23-11-5-3-9-21(23)29(22-10-4-6-12-24(22)30)20-13-14-27-25(16-20)26-15-18-7-1-2-8-19(18)17-28(26)42-27/h1-17,37-41H. The van der Waals surface area contributed by atoms with E-state index in [1.807, 2.05) is 72.8 Å². The maximum absolute atomic E-state index is 10.9. The highest BCUT2D eigenvalue weighted by molar-refractivity contribution is 6.23. The Morgan fingerprint density at radius 1 is 0.357 bits per heavy atom. The van der Waals surface area contributed by atoms with Crippen LogP contribution in [0.3, 0.4) is 0 Å². The monoisotopic (exact) mass is 550 g/mol. The van der Waals surface area contributed by atoms with E-state index in [1.165, 1.54) is 0 Å². The molecule has 0 bridgehead atoms. The highest BCUT2D eigenvalue weighted by Gasteiger charge is 2.28. The topological polar surface area (TPSA) is 114 Å². The molecule has 0 aliphatic rings. The maximum atomic E-state index is 10.9. The molecular weight excluding hydrogens is 528 g/mol. The van der Waals surface area contributed by atoms with Crippen molar-refractivity contribution in [2.45, 2.75) is 0 Å². The number of fused-ring (bicyclic) bond motifs is 6. The number of aromatic hydroxyl groups is 5. The van der Waals surface area contributed by atoms with Crippen LogP contribution in [0.2, 0.25) is 0 Å². The maximum Gasteiger partial charge on any atom is 0.208 e. The molecule has 0 saturated carbocycles. The minimum absolute atomic E-state index is 0.176. The van der Waals surface area contributed by atoms with Crippen molar-refractivity contribution in [3.8, 4) is 51.0 Å². The van der Waals surface area contributed by atoms with Gasteiger partial charge >= 0.3 is 0 Å². The molecule has 0 saturated heterocycles. The average Bonchev–Trinajstić information content (AvgIpc) is 3.38. The molecule has 0 aliphatic heterocycles. The Kier molecular flexibility index (Phi) is 4.88. The molecule has 0 spiro atoms. The van der Waals surface area contributed by atoms with Gasteiger partial charge in [0.05, 0.1) is 5.56 Å². The van der Waals surface area contributed by atoms with Gasteiger partial charge in [0.2, 0.25) is 17.2 Å². The quantitative estimate of drug-likeness (QED) is 0.0834. The van der Waals surface area contributed by atoms with E-state index in [0.717, 1.165) is 54.6 Å². The van der Waals surface area contributed by atoms with Gasteiger partial charge in [-0.05, 0) is 67.7 Å². The van der Waals surface area contributed by atoms with Gasteiger partial charge in [0.1, 0.15) is 11.2 Å². The van der Waals surface area contributed by atoms with Gasteiger partial charge in [-0.15, -0.1) is 0 Å². The Morgan fingerprint density at radius 3 is 1.43 bits per heavy atom. The second-order valence-electron chi connectivity index (χ2n) is 10.5. The van der Waals surface area contributed by atoms with E-state index in [2.05, 4.69) is 30.3 Å². The zero-order valence-electron chi connectivity index (χ0n) is 22.0. The minimum atomic E-state index is -0.993. The number of benzene rings is 7. The molecule has 7 aromatic carbocycles. The van der Waals surface area contributed by atoms with Crippen LogP contribution in [0.25, 0.3) is 76.5 Å². The zero-order valence-corrected chi connectivity index (χ0v) is 22.0. The lowest BCUT2D eigenvalue weighted by Gasteiger charge is -2.20. The van der Waals surface area contributed by atoms with Gasteiger partial charge in [-0.1, -0.05) is 78.9 Å². The van der Waals surface area contributed by atoms with E-state index in [9.17, 15) is 25.5 Å². The summed E-state index contributed by atoms with van der Waals surface area (Å²) in [4.78, 5) is 0. The molecule has 6 heteroatoms. The van der Waals surface area contributed by atoms with Crippen molar-refractivity contribution < 1.29 is 29.9 Å². The van der Waals surface area contributed by atoms with Gasteiger partial charge in [0, 0.05) is 16.3 Å². The summed E-state index contributed by atoms with van der Waals surface area (Å²) in [6.07, 6.45) is 0. The van der Waals surface area contributed by atoms with Crippen LogP contribution in [-0.2, 0) is 0 Å². The summed E-state index contributed by atoms with van der Waals surface area (Å²) in [6.45, 7) is 0. The number of phenols is 5. The Bertz CT molecular complexity index is 2330. The van der Waals surface area contributed by atoms with E-state index < -0.39 is 28.7 Å². The molecule has 0 unspecified atom stereocenters. The lowest BCUT2D eigenvalue weighted by molar-refractivity contribution is 0.330. The molecule has 0 amide bonds. The van der Waals surface area contributed by atoms with Gasteiger partial charge < -0.3 is 29.9 Å². The van der Waals surface area contributed by atoms with E-state index in [1.54, 1.807) is 0 Å². The van der Waals surface area contributed by atoms with Crippen LogP contribution in [0, 0.1) is 0 Å². The van der Waals surface area contributed by atoms with Crippen molar-refractivity contribution in [1.29, 1.82) is 0 Å². The third kappa shape index (κ3) is 3.20. The predicted molar refractivity (Wildman–Crippen MR) is 165 cm³/mol. The van der Waals surface area contributed by atoms with E-state index in [0.29, 0.717) is 16.3 Å². The average molecular weight is 551 g/mol. The lowest BCUT2D eigenvalue weighted by Crippen LogP contribution is -1.92. The first-order valence-corrected chi connectivity index (χ1v) is 13.4. The number of rotatable bonds is 2. The van der Waals surface area contributed by atoms with E-state index >= 15 is 0 Å². The third-order valence-electron chi connectivity index (χ3n) is 8.18. The van der Waals surface area contributed by atoms with Crippen molar-refractivity contribution in [2.75, 3.05) is 0 Å². The molecule has 202 valence electrons. The van der Waals surface area contributed by atoms with Crippen LogP contribution in [0.15, 0.2) is 108 Å². The van der Waals surface area contributed by atoms with Crippen molar-refractivity contribution in [1.82, 2.24) is 0 Å². The molecule has 6 nitrogen and oxygen atoms in total. The fourth-order valence-corrected chi connectivity index (χ4v) is 6.25. The van der Waals surface area contributed by atoms with Crippen molar-refractivity contribution in [2.24, 2.45) is 0 Å². The molecule has 1 heterocycles. The Labute approximate surface area is 238 Å².